The average molecular weight is 297 g/mol. The average Bonchev–Trinajstić information content (AvgIpc) is 2.35. The molecule has 0 fully saturated rings. The molecule has 0 spiro atoms. The van der Waals surface area contributed by atoms with Crippen molar-refractivity contribution in [2.45, 2.75) is 20.0 Å². The maximum atomic E-state index is 8.57. The van der Waals surface area contributed by atoms with E-state index in [4.69, 9.17) is 38.5 Å². The fraction of sp³-hybridized carbons (Fsp3) is 0.250. The first kappa shape index (κ1) is 15.1. The zero-order valence-electron chi connectivity index (χ0n) is 10.2. The lowest BCUT2D eigenvalue weighted by atomic mass is 10.3. The summed E-state index contributed by atoms with van der Waals surface area (Å²) in [7, 11) is 0. The van der Waals surface area contributed by atoms with E-state index in [1.807, 2.05) is 13.8 Å². The molecule has 1 N–H and O–H groups in total. The number of hydrazone groups is 1. The molecule has 1 rings (SSSR count). The highest BCUT2D eigenvalue weighted by Gasteiger charge is 2.10. The molecule has 1 aromatic rings. The minimum Gasteiger partial charge on any atom is -0.489 e. The molecule has 0 saturated carbocycles. The molecular formula is C12H10Cl2N4O. The zero-order chi connectivity index (χ0) is 14.4. The van der Waals surface area contributed by atoms with Crippen LogP contribution in [0.4, 0.5) is 5.69 Å². The fourth-order valence-corrected chi connectivity index (χ4v) is 1.62. The molecule has 5 nitrogen and oxygen atoms in total. The Morgan fingerprint density at radius 2 is 1.89 bits per heavy atom. The van der Waals surface area contributed by atoms with Crippen LogP contribution in [0.15, 0.2) is 17.2 Å². The van der Waals surface area contributed by atoms with E-state index < -0.39 is 0 Å². The SMILES string of the molecule is CC(C)Oc1cc(NN=C(C#N)C#N)c(Cl)cc1Cl. The number of hydrogen-bond donors (Lipinski definition) is 1. The van der Waals surface area contributed by atoms with Crippen molar-refractivity contribution >= 4 is 34.6 Å². The number of halogens is 2. The fourth-order valence-electron chi connectivity index (χ4n) is 1.15. The number of rotatable bonds is 4. The molecule has 0 radical (unpaired) electrons. The van der Waals surface area contributed by atoms with Crippen LogP contribution >= 0.6 is 23.2 Å². The molecule has 0 atom stereocenters. The number of nitrogens with zero attached hydrogens (tertiary/aromatic N) is 3. The highest BCUT2D eigenvalue weighted by Crippen LogP contribution is 2.34. The smallest absolute Gasteiger partial charge is 0.237 e. The molecule has 98 valence electrons. The first-order chi connectivity index (χ1) is 8.97. The number of nitriles is 2. The molecule has 0 aromatic heterocycles. The Bertz CT molecular complexity index is 569. The van der Waals surface area contributed by atoms with Crippen molar-refractivity contribution in [3.05, 3.63) is 22.2 Å². The monoisotopic (exact) mass is 296 g/mol. The summed E-state index contributed by atoms with van der Waals surface area (Å²) >= 11 is 12.0. The van der Waals surface area contributed by atoms with E-state index in [2.05, 4.69) is 10.5 Å². The van der Waals surface area contributed by atoms with Crippen molar-refractivity contribution in [3.63, 3.8) is 0 Å². The van der Waals surface area contributed by atoms with Crippen molar-refractivity contribution in [1.82, 2.24) is 0 Å². The van der Waals surface area contributed by atoms with Crippen molar-refractivity contribution in [3.8, 4) is 17.9 Å². The van der Waals surface area contributed by atoms with Gasteiger partial charge in [0.2, 0.25) is 5.71 Å². The van der Waals surface area contributed by atoms with Gasteiger partial charge >= 0.3 is 0 Å². The first-order valence-corrected chi connectivity index (χ1v) is 6.03. The lowest BCUT2D eigenvalue weighted by molar-refractivity contribution is 0.242. The number of nitrogens with one attached hydrogen (secondary N) is 1. The summed E-state index contributed by atoms with van der Waals surface area (Å²) < 4.78 is 5.49. The minimum atomic E-state index is -0.308. The number of benzene rings is 1. The van der Waals surface area contributed by atoms with Crippen LogP contribution in [-0.4, -0.2) is 11.8 Å². The van der Waals surface area contributed by atoms with Crippen LogP contribution in [-0.2, 0) is 0 Å². The topological polar surface area (TPSA) is 81.2 Å². The van der Waals surface area contributed by atoms with E-state index in [0.717, 1.165) is 0 Å². The molecule has 0 amide bonds. The van der Waals surface area contributed by atoms with Crippen LogP contribution in [0.25, 0.3) is 0 Å². The molecule has 0 aliphatic heterocycles. The highest BCUT2D eigenvalue weighted by atomic mass is 35.5. The first-order valence-electron chi connectivity index (χ1n) is 5.27. The Morgan fingerprint density at radius 3 is 2.42 bits per heavy atom. The maximum Gasteiger partial charge on any atom is 0.237 e. The van der Waals surface area contributed by atoms with E-state index in [1.54, 1.807) is 18.2 Å². The second kappa shape index (κ2) is 6.84. The molecule has 7 heteroatoms. The Balaban J connectivity index is 3.06. The Hall–Kier alpha value is -1.95. The van der Waals surface area contributed by atoms with E-state index in [0.29, 0.717) is 21.5 Å². The van der Waals surface area contributed by atoms with Gasteiger partial charge in [-0.3, -0.25) is 5.43 Å². The van der Waals surface area contributed by atoms with Gasteiger partial charge in [-0.05, 0) is 19.9 Å². The summed E-state index contributed by atoms with van der Waals surface area (Å²) in [6.45, 7) is 3.72. The predicted octanol–water partition coefficient (Wildman–Crippen LogP) is 3.60. The summed E-state index contributed by atoms with van der Waals surface area (Å²) in [5.74, 6) is 0.439. The van der Waals surface area contributed by atoms with Gasteiger partial charge < -0.3 is 4.74 Å². The highest BCUT2D eigenvalue weighted by molar-refractivity contribution is 6.37. The maximum absolute atomic E-state index is 8.57. The van der Waals surface area contributed by atoms with Crippen LogP contribution in [0, 0.1) is 22.7 Å². The Kier molecular flexibility index (Phi) is 5.44. The molecule has 0 unspecified atom stereocenters. The summed E-state index contributed by atoms with van der Waals surface area (Å²) in [5.41, 5.74) is 2.61. The normalized spacial score (nSPS) is 9.42. The van der Waals surface area contributed by atoms with Crippen LogP contribution < -0.4 is 10.2 Å². The minimum absolute atomic E-state index is 0.0520. The Labute approximate surface area is 121 Å². The summed E-state index contributed by atoms with van der Waals surface area (Å²) in [6, 6.07) is 6.30. The number of hydrogen-bond acceptors (Lipinski definition) is 5. The van der Waals surface area contributed by atoms with Gasteiger partial charge in [0.05, 0.1) is 21.8 Å². The molecule has 0 aliphatic carbocycles. The lowest BCUT2D eigenvalue weighted by Gasteiger charge is -2.13. The van der Waals surface area contributed by atoms with Crippen molar-refractivity contribution in [2.24, 2.45) is 5.10 Å². The van der Waals surface area contributed by atoms with E-state index in [9.17, 15) is 0 Å². The number of ether oxygens (including phenoxy) is 1. The van der Waals surface area contributed by atoms with Gasteiger partial charge in [-0.15, -0.1) is 0 Å². The van der Waals surface area contributed by atoms with Gasteiger partial charge in [-0.1, -0.05) is 23.2 Å². The van der Waals surface area contributed by atoms with Gasteiger partial charge in [0.25, 0.3) is 0 Å². The zero-order valence-corrected chi connectivity index (χ0v) is 11.7. The lowest BCUT2D eigenvalue weighted by Crippen LogP contribution is -2.06. The third-order valence-electron chi connectivity index (χ3n) is 1.88. The van der Waals surface area contributed by atoms with Gasteiger partial charge in [0.15, 0.2) is 0 Å². The van der Waals surface area contributed by atoms with Crippen LogP contribution in [0.5, 0.6) is 5.75 Å². The van der Waals surface area contributed by atoms with E-state index in [1.165, 1.54) is 6.07 Å². The predicted molar refractivity (Wildman–Crippen MR) is 74.5 cm³/mol. The summed E-state index contributed by atoms with van der Waals surface area (Å²) in [6.07, 6.45) is -0.0520. The van der Waals surface area contributed by atoms with Crippen LogP contribution in [0.2, 0.25) is 10.0 Å². The van der Waals surface area contributed by atoms with Crippen LogP contribution in [0.1, 0.15) is 13.8 Å². The molecule has 19 heavy (non-hydrogen) atoms. The largest absolute Gasteiger partial charge is 0.489 e. The number of anilines is 1. The van der Waals surface area contributed by atoms with Gasteiger partial charge in [-0.25, -0.2) is 0 Å². The molecule has 0 heterocycles. The Morgan fingerprint density at radius 1 is 1.26 bits per heavy atom. The van der Waals surface area contributed by atoms with E-state index in [-0.39, 0.29) is 11.8 Å². The second-order valence-electron chi connectivity index (χ2n) is 3.72. The standard InChI is InChI=1S/C12H10Cl2N4O/c1-7(2)19-12-4-11(9(13)3-10(12)14)18-17-8(5-15)6-16/h3-4,7,18H,1-2H3. The van der Waals surface area contributed by atoms with Crippen molar-refractivity contribution in [1.29, 1.82) is 10.5 Å². The van der Waals surface area contributed by atoms with Crippen molar-refractivity contribution in [2.75, 3.05) is 5.43 Å². The molecule has 0 aliphatic rings. The molecular weight excluding hydrogens is 287 g/mol. The van der Waals surface area contributed by atoms with Gasteiger partial charge in [0.1, 0.15) is 17.9 Å². The quantitative estimate of drug-likeness (QED) is 0.680. The molecule has 0 bridgehead atoms. The molecule has 1 aromatic carbocycles. The van der Waals surface area contributed by atoms with Crippen LogP contribution in [0.3, 0.4) is 0 Å². The van der Waals surface area contributed by atoms with E-state index >= 15 is 0 Å². The third kappa shape index (κ3) is 4.33. The summed E-state index contributed by atoms with van der Waals surface area (Å²) in [5, 5.41) is 21.4. The molecule has 0 saturated heterocycles. The second-order valence-corrected chi connectivity index (χ2v) is 4.54. The third-order valence-corrected chi connectivity index (χ3v) is 2.49. The van der Waals surface area contributed by atoms with Crippen molar-refractivity contribution < 1.29 is 4.74 Å². The summed E-state index contributed by atoms with van der Waals surface area (Å²) in [4.78, 5) is 0. The van der Waals surface area contributed by atoms with Gasteiger partial charge in [0, 0.05) is 6.07 Å². The van der Waals surface area contributed by atoms with Gasteiger partial charge in [-0.2, -0.15) is 15.6 Å².